The third-order valence-electron chi connectivity index (χ3n) is 4.46. The average molecular weight is 279 g/mol. The fraction of sp³-hybridized carbons (Fsp3) is 0.800. The molecule has 1 fully saturated rings. The Balaban J connectivity index is 1.84. The maximum Gasteiger partial charge on any atom is 0.185 e. The summed E-state index contributed by atoms with van der Waals surface area (Å²) in [5.74, 6) is 0. The van der Waals surface area contributed by atoms with Gasteiger partial charge in [-0.1, -0.05) is 13.8 Å². The molecule has 1 aliphatic heterocycles. The number of fused-ring (bicyclic) bond motifs is 1. The molecule has 3 nitrogen and oxygen atoms in total. The van der Waals surface area contributed by atoms with Gasteiger partial charge in [0.25, 0.3) is 0 Å². The Morgan fingerprint density at radius 2 is 2.21 bits per heavy atom. The molecular weight excluding hydrogens is 254 g/mol. The first-order valence-electron chi connectivity index (χ1n) is 7.51. The van der Waals surface area contributed by atoms with Crippen molar-refractivity contribution in [2.24, 2.45) is 5.41 Å². The van der Waals surface area contributed by atoms with Crippen molar-refractivity contribution in [1.82, 2.24) is 10.3 Å². The second-order valence-electron chi connectivity index (χ2n) is 6.73. The van der Waals surface area contributed by atoms with Crippen molar-refractivity contribution >= 4 is 16.5 Å². The second kappa shape index (κ2) is 5.06. The van der Waals surface area contributed by atoms with Crippen LogP contribution in [-0.4, -0.2) is 25.1 Å². The topological polar surface area (TPSA) is 28.2 Å². The Hall–Kier alpha value is -0.610. The molecule has 4 heteroatoms. The number of aryl methyl sites for hydroxylation is 1. The molecule has 1 N–H and O–H groups in total. The molecule has 0 radical (unpaired) electrons. The zero-order valence-corrected chi connectivity index (χ0v) is 13.1. The number of thiazole rings is 1. The van der Waals surface area contributed by atoms with Crippen LogP contribution in [-0.2, 0) is 6.42 Å². The van der Waals surface area contributed by atoms with Crippen molar-refractivity contribution in [3.8, 4) is 0 Å². The molecule has 0 amide bonds. The molecule has 1 aromatic heterocycles. The van der Waals surface area contributed by atoms with E-state index < -0.39 is 0 Å². The third kappa shape index (κ3) is 2.65. The van der Waals surface area contributed by atoms with Gasteiger partial charge in [-0.05, 0) is 44.6 Å². The van der Waals surface area contributed by atoms with E-state index in [9.17, 15) is 0 Å². The minimum atomic E-state index is 0.437. The van der Waals surface area contributed by atoms with Crippen molar-refractivity contribution in [1.29, 1.82) is 0 Å². The molecule has 1 aliphatic carbocycles. The molecule has 3 rings (SSSR count). The summed E-state index contributed by atoms with van der Waals surface area (Å²) in [6, 6.07) is 0.478. The van der Waals surface area contributed by atoms with Gasteiger partial charge in [0.2, 0.25) is 0 Å². The van der Waals surface area contributed by atoms with E-state index in [0.29, 0.717) is 11.5 Å². The average Bonchev–Trinajstić information content (AvgIpc) is 2.81. The Bertz CT molecular complexity index is 452. The van der Waals surface area contributed by atoms with Gasteiger partial charge in [-0.2, -0.15) is 0 Å². The summed E-state index contributed by atoms with van der Waals surface area (Å²) in [6.45, 7) is 7.09. The maximum atomic E-state index is 4.97. The standard InChI is InChI=1S/C15H25N3S/c1-15(2)8-5-9-18(10-15)14-17-13-11(16-3)6-4-7-12(13)19-14/h11,16H,4-10H2,1-3H3. The van der Waals surface area contributed by atoms with Crippen LogP contribution in [0.15, 0.2) is 0 Å². The molecule has 2 heterocycles. The predicted octanol–water partition coefficient (Wildman–Crippen LogP) is 3.37. The lowest BCUT2D eigenvalue weighted by molar-refractivity contribution is 0.293. The summed E-state index contributed by atoms with van der Waals surface area (Å²) in [5, 5.41) is 4.68. The SMILES string of the molecule is CNC1CCCc2sc(N3CCCC(C)(C)C3)nc21. The molecule has 2 aliphatic rings. The van der Waals surface area contributed by atoms with Crippen molar-refractivity contribution in [3.63, 3.8) is 0 Å². The minimum Gasteiger partial charge on any atom is -0.348 e. The Kier molecular flexibility index (Phi) is 3.56. The Morgan fingerprint density at radius 3 is 2.95 bits per heavy atom. The van der Waals surface area contributed by atoms with Crippen LogP contribution in [0.3, 0.4) is 0 Å². The summed E-state index contributed by atoms with van der Waals surface area (Å²) in [6.07, 6.45) is 6.40. The van der Waals surface area contributed by atoms with E-state index in [4.69, 9.17) is 4.98 Å². The van der Waals surface area contributed by atoms with Gasteiger partial charge < -0.3 is 10.2 Å². The first-order chi connectivity index (χ1) is 9.09. The van der Waals surface area contributed by atoms with Crippen LogP contribution in [0, 0.1) is 5.41 Å². The fourth-order valence-corrected chi connectivity index (χ4v) is 4.60. The number of rotatable bonds is 2. The largest absolute Gasteiger partial charge is 0.348 e. The van der Waals surface area contributed by atoms with E-state index in [1.807, 2.05) is 11.3 Å². The highest BCUT2D eigenvalue weighted by Gasteiger charge is 2.30. The Labute approximate surface area is 120 Å². The van der Waals surface area contributed by atoms with Crippen molar-refractivity contribution in [3.05, 3.63) is 10.6 Å². The summed E-state index contributed by atoms with van der Waals surface area (Å²) < 4.78 is 0. The molecule has 19 heavy (non-hydrogen) atoms. The van der Waals surface area contributed by atoms with Gasteiger partial charge in [0.05, 0.1) is 11.7 Å². The summed E-state index contributed by atoms with van der Waals surface area (Å²) >= 11 is 1.94. The van der Waals surface area contributed by atoms with Gasteiger partial charge >= 0.3 is 0 Å². The van der Waals surface area contributed by atoms with Crippen molar-refractivity contribution < 1.29 is 0 Å². The highest BCUT2D eigenvalue weighted by atomic mass is 32.1. The quantitative estimate of drug-likeness (QED) is 0.899. The lowest BCUT2D eigenvalue weighted by atomic mass is 9.84. The van der Waals surface area contributed by atoms with E-state index in [2.05, 4.69) is 31.1 Å². The van der Waals surface area contributed by atoms with Crippen LogP contribution < -0.4 is 10.2 Å². The van der Waals surface area contributed by atoms with E-state index >= 15 is 0 Å². The van der Waals surface area contributed by atoms with Crippen LogP contribution in [0.4, 0.5) is 5.13 Å². The lowest BCUT2D eigenvalue weighted by Gasteiger charge is -2.37. The van der Waals surface area contributed by atoms with Crippen LogP contribution in [0.2, 0.25) is 0 Å². The van der Waals surface area contributed by atoms with Gasteiger partial charge in [-0.15, -0.1) is 11.3 Å². The van der Waals surface area contributed by atoms with Gasteiger partial charge in [0.1, 0.15) is 0 Å². The number of nitrogens with one attached hydrogen (secondary N) is 1. The minimum absolute atomic E-state index is 0.437. The Morgan fingerprint density at radius 1 is 1.37 bits per heavy atom. The molecule has 1 saturated heterocycles. The third-order valence-corrected chi connectivity index (χ3v) is 5.65. The van der Waals surface area contributed by atoms with Gasteiger partial charge in [0.15, 0.2) is 5.13 Å². The van der Waals surface area contributed by atoms with Crippen LogP contribution in [0.1, 0.15) is 56.1 Å². The molecule has 0 spiro atoms. The number of hydrogen-bond acceptors (Lipinski definition) is 4. The van der Waals surface area contributed by atoms with Crippen LogP contribution >= 0.6 is 11.3 Å². The molecule has 0 bridgehead atoms. The first kappa shape index (κ1) is 13.4. The monoisotopic (exact) mass is 279 g/mol. The van der Waals surface area contributed by atoms with Gasteiger partial charge in [-0.25, -0.2) is 4.98 Å². The second-order valence-corrected chi connectivity index (χ2v) is 7.79. The van der Waals surface area contributed by atoms with Gasteiger partial charge in [0, 0.05) is 18.0 Å². The molecule has 1 unspecified atom stereocenters. The van der Waals surface area contributed by atoms with E-state index in [-0.39, 0.29) is 0 Å². The van der Waals surface area contributed by atoms with E-state index in [0.717, 1.165) is 6.54 Å². The number of aromatic nitrogens is 1. The lowest BCUT2D eigenvalue weighted by Crippen LogP contribution is -2.40. The zero-order valence-electron chi connectivity index (χ0n) is 12.3. The highest BCUT2D eigenvalue weighted by molar-refractivity contribution is 7.15. The highest BCUT2D eigenvalue weighted by Crippen LogP contribution is 2.39. The molecule has 0 saturated carbocycles. The smallest absolute Gasteiger partial charge is 0.185 e. The summed E-state index contributed by atoms with van der Waals surface area (Å²) in [5.41, 5.74) is 1.77. The maximum absolute atomic E-state index is 4.97. The number of hydrogen-bond donors (Lipinski definition) is 1. The number of piperidine rings is 1. The van der Waals surface area contributed by atoms with E-state index in [1.54, 1.807) is 0 Å². The van der Waals surface area contributed by atoms with Crippen molar-refractivity contribution in [2.75, 3.05) is 25.0 Å². The first-order valence-corrected chi connectivity index (χ1v) is 8.32. The van der Waals surface area contributed by atoms with Gasteiger partial charge in [-0.3, -0.25) is 0 Å². The fourth-order valence-electron chi connectivity index (χ4n) is 3.41. The predicted molar refractivity (Wildman–Crippen MR) is 82.1 cm³/mol. The van der Waals surface area contributed by atoms with Crippen LogP contribution in [0.5, 0.6) is 0 Å². The molecule has 1 atom stereocenters. The zero-order chi connectivity index (χ0) is 13.5. The normalized spacial score (nSPS) is 26.3. The number of anilines is 1. The molecule has 0 aromatic carbocycles. The molecule has 1 aromatic rings. The number of nitrogens with zero attached hydrogens (tertiary/aromatic N) is 2. The summed E-state index contributed by atoms with van der Waals surface area (Å²) in [7, 11) is 2.06. The van der Waals surface area contributed by atoms with E-state index in [1.165, 1.54) is 54.4 Å². The van der Waals surface area contributed by atoms with Crippen molar-refractivity contribution in [2.45, 2.75) is 52.0 Å². The summed E-state index contributed by atoms with van der Waals surface area (Å²) in [4.78, 5) is 9.00. The van der Waals surface area contributed by atoms with Crippen LogP contribution in [0.25, 0.3) is 0 Å². The molecular formula is C15H25N3S. The molecule has 106 valence electrons.